The lowest BCUT2D eigenvalue weighted by molar-refractivity contribution is -0.00126. The highest BCUT2D eigenvalue weighted by Crippen LogP contribution is 2.46. The molecule has 8 heteroatoms. The van der Waals surface area contributed by atoms with Gasteiger partial charge in [-0.25, -0.2) is 9.97 Å². The van der Waals surface area contributed by atoms with Crippen molar-refractivity contribution in [3.63, 3.8) is 0 Å². The minimum Gasteiger partial charge on any atom is -0.474 e. The zero-order valence-electron chi connectivity index (χ0n) is 16.0. The first-order chi connectivity index (χ1) is 13.8. The monoisotopic (exact) mass is 421 g/mol. The number of fused-ring (bicyclic) bond motifs is 3. The molecule has 0 N–H and O–H groups in total. The van der Waals surface area contributed by atoms with Crippen LogP contribution in [-0.2, 0) is 15.3 Å². The number of ether oxygens (including phenoxy) is 2. The highest BCUT2D eigenvalue weighted by molar-refractivity contribution is 7.75. The predicted octanol–water partition coefficient (Wildman–Crippen LogP) is 3.60. The molecule has 3 aliphatic rings. The van der Waals surface area contributed by atoms with Crippen LogP contribution in [0.5, 0.6) is 5.88 Å². The molecule has 6 nitrogen and oxygen atoms in total. The average molecular weight is 422 g/mol. The average Bonchev–Trinajstić information content (AvgIpc) is 3.30. The normalized spacial score (nSPS) is 28.5. The van der Waals surface area contributed by atoms with Crippen molar-refractivity contribution >= 4 is 34.5 Å². The fraction of sp³-hybridized carbons (Fsp3) is 0.700. The second kappa shape index (κ2) is 8.44. The van der Waals surface area contributed by atoms with E-state index in [9.17, 15) is 0 Å². The predicted molar refractivity (Wildman–Crippen MR) is 112 cm³/mol. The molecule has 0 unspecified atom stereocenters. The molecular formula is C20H27N3O3S2. The van der Waals surface area contributed by atoms with Crippen LogP contribution in [-0.4, -0.2) is 59.9 Å². The van der Waals surface area contributed by atoms with Crippen molar-refractivity contribution in [2.45, 2.75) is 56.6 Å². The van der Waals surface area contributed by atoms with Gasteiger partial charge < -0.3 is 13.7 Å². The van der Waals surface area contributed by atoms with Crippen molar-refractivity contribution in [1.29, 1.82) is 0 Å². The third-order valence-electron chi connectivity index (χ3n) is 6.46. The lowest BCUT2D eigenvalue weighted by Gasteiger charge is -2.38. The van der Waals surface area contributed by atoms with E-state index in [-0.39, 0.29) is 6.10 Å². The molecule has 0 amide bonds. The Kier molecular flexibility index (Phi) is 5.74. The van der Waals surface area contributed by atoms with Gasteiger partial charge in [0.2, 0.25) is 5.88 Å². The van der Waals surface area contributed by atoms with Crippen LogP contribution >= 0.6 is 24.2 Å². The molecule has 28 heavy (non-hydrogen) atoms. The molecule has 1 saturated heterocycles. The maximum atomic E-state index is 6.47. The van der Waals surface area contributed by atoms with Gasteiger partial charge in [0.05, 0.1) is 25.2 Å². The summed E-state index contributed by atoms with van der Waals surface area (Å²) in [5.74, 6) is 1.13. The smallest absolute Gasteiger partial charge is 0.225 e. The first-order valence-electron chi connectivity index (χ1n) is 10.3. The molecule has 3 heterocycles. The quantitative estimate of drug-likeness (QED) is 0.588. The summed E-state index contributed by atoms with van der Waals surface area (Å²) in [6.45, 7) is 4.50. The summed E-state index contributed by atoms with van der Waals surface area (Å²) in [7, 11) is 0. The van der Waals surface area contributed by atoms with Gasteiger partial charge in [0, 0.05) is 29.9 Å². The molecular weight excluding hydrogens is 394 g/mol. The molecule has 0 radical (unpaired) electrons. The number of aryl methyl sites for hydroxylation is 1. The van der Waals surface area contributed by atoms with Crippen molar-refractivity contribution in [3.05, 3.63) is 16.8 Å². The minimum absolute atomic E-state index is 0.243. The highest BCUT2D eigenvalue weighted by atomic mass is 32.1. The van der Waals surface area contributed by atoms with Gasteiger partial charge in [0.1, 0.15) is 17.3 Å². The Labute approximate surface area is 175 Å². The van der Waals surface area contributed by atoms with Crippen LogP contribution in [0, 0.1) is 0 Å². The summed E-state index contributed by atoms with van der Waals surface area (Å²) < 4.78 is 17.1. The van der Waals surface area contributed by atoms with Gasteiger partial charge in [-0.2, -0.15) is 0 Å². The van der Waals surface area contributed by atoms with Crippen molar-refractivity contribution < 1.29 is 13.7 Å². The molecule has 0 spiro atoms. The van der Waals surface area contributed by atoms with E-state index in [1.165, 1.54) is 23.3 Å². The van der Waals surface area contributed by atoms with Gasteiger partial charge in [-0.3, -0.25) is 4.90 Å². The molecule has 1 aliphatic heterocycles. The topological polar surface area (TPSA) is 56.7 Å². The number of nitrogens with zero attached hydrogens (tertiary/aromatic N) is 3. The largest absolute Gasteiger partial charge is 0.474 e. The van der Waals surface area contributed by atoms with Crippen molar-refractivity contribution in [2.75, 3.05) is 32.9 Å². The fourth-order valence-electron chi connectivity index (χ4n) is 5.02. The Hall–Kier alpha value is -0.930. The van der Waals surface area contributed by atoms with Crippen LogP contribution in [0.4, 0.5) is 0 Å². The fourth-order valence-corrected chi connectivity index (χ4v) is 6.43. The molecule has 0 aromatic carbocycles. The van der Waals surface area contributed by atoms with Crippen molar-refractivity contribution in [1.82, 2.24) is 14.9 Å². The lowest BCUT2D eigenvalue weighted by atomic mass is 9.91. The maximum absolute atomic E-state index is 6.47. The van der Waals surface area contributed by atoms with Crippen LogP contribution in [0.15, 0.2) is 6.33 Å². The number of thiol groups is 1. The van der Waals surface area contributed by atoms with Crippen LogP contribution in [0.1, 0.15) is 48.5 Å². The summed E-state index contributed by atoms with van der Waals surface area (Å²) in [5, 5.41) is 1.12. The van der Waals surface area contributed by atoms with E-state index in [0.717, 1.165) is 68.1 Å². The number of rotatable bonds is 5. The maximum Gasteiger partial charge on any atom is 0.225 e. The van der Waals surface area contributed by atoms with Crippen LogP contribution in [0.3, 0.4) is 0 Å². The molecule has 2 aliphatic carbocycles. The van der Waals surface area contributed by atoms with Gasteiger partial charge >= 0.3 is 0 Å². The Balaban J connectivity index is 1.31. The Morgan fingerprint density at radius 3 is 2.75 bits per heavy atom. The molecule has 152 valence electrons. The first-order valence-corrected chi connectivity index (χ1v) is 11.5. The second-order valence-electron chi connectivity index (χ2n) is 8.03. The Bertz CT molecular complexity index is 816. The number of aromatic nitrogens is 2. The number of hydrogen-bond acceptors (Lipinski definition) is 8. The van der Waals surface area contributed by atoms with Crippen molar-refractivity contribution in [2.24, 2.45) is 0 Å². The second-order valence-corrected chi connectivity index (χ2v) is 9.37. The standard InChI is InChI=1S/C20H27N3O3S2/c27-25-11-13-1-6-16-17(13)18-19(21-12-22-20(18)28-16)26-15-4-2-14(3-5-15)23-7-9-24-10-8-23/h12-15,27H,1-11H2/t13-,14?,15?/m1/s1. The van der Waals surface area contributed by atoms with E-state index in [2.05, 4.69) is 27.8 Å². The van der Waals surface area contributed by atoms with E-state index in [4.69, 9.17) is 13.7 Å². The zero-order chi connectivity index (χ0) is 18.9. The highest BCUT2D eigenvalue weighted by Gasteiger charge is 2.32. The van der Waals surface area contributed by atoms with E-state index in [0.29, 0.717) is 18.6 Å². The Morgan fingerprint density at radius 1 is 1.14 bits per heavy atom. The van der Waals surface area contributed by atoms with E-state index >= 15 is 0 Å². The lowest BCUT2D eigenvalue weighted by Crippen LogP contribution is -2.46. The molecule has 1 atom stereocenters. The van der Waals surface area contributed by atoms with Crippen molar-refractivity contribution in [3.8, 4) is 5.88 Å². The Morgan fingerprint density at radius 2 is 1.96 bits per heavy atom. The molecule has 2 aromatic heterocycles. The van der Waals surface area contributed by atoms with E-state index < -0.39 is 0 Å². The number of morpholine rings is 1. The molecule has 5 rings (SSSR count). The summed E-state index contributed by atoms with van der Waals surface area (Å²) in [5.41, 5.74) is 1.34. The van der Waals surface area contributed by atoms with Crippen LogP contribution in [0.25, 0.3) is 10.2 Å². The molecule has 2 fully saturated rings. The summed E-state index contributed by atoms with van der Waals surface area (Å²) >= 11 is 5.76. The SMILES string of the molecule is SOC[C@H]1CCc2sc3ncnc(OC4CCC(N5CCOCC5)CC4)c3c21. The number of thiophene rings is 1. The summed E-state index contributed by atoms with van der Waals surface area (Å²) in [4.78, 5) is 14.1. The first kappa shape index (κ1) is 19.1. The summed E-state index contributed by atoms with van der Waals surface area (Å²) in [6, 6.07) is 0.677. The molecule has 0 bridgehead atoms. The van der Waals surface area contributed by atoms with E-state index in [1.807, 2.05) is 0 Å². The third kappa shape index (κ3) is 3.65. The van der Waals surface area contributed by atoms with Gasteiger partial charge in [-0.1, -0.05) is 0 Å². The summed E-state index contributed by atoms with van der Waals surface area (Å²) in [6.07, 6.45) is 8.64. The molecule has 2 aromatic rings. The van der Waals surface area contributed by atoms with Gasteiger partial charge in [-0.05, 0) is 57.0 Å². The van der Waals surface area contributed by atoms with Crippen LogP contribution in [0.2, 0.25) is 0 Å². The number of hydrogen-bond donors (Lipinski definition) is 1. The van der Waals surface area contributed by atoms with E-state index in [1.54, 1.807) is 17.7 Å². The molecule has 1 saturated carbocycles. The van der Waals surface area contributed by atoms with Gasteiger partial charge in [0.15, 0.2) is 0 Å². The minimum atomic E-state index is 0.243. The zero-order valence-corrected chi connectivity index (χ0v) is 17.7. The van der Waals surface area contributed by atoms with Gasteiger partial charge in [-0.15, -0.1) is 11.3 Å². The van der Waals surface area contributed by atoms with Gasteiger partial charge in [0.25, 0.3) is 0 Å². The van der Waals surface area contributed by atoms with Crippen LogP contribution < -0.4 is 4.74 Å². The third-order valence-corrected chi connectivity index (χ3v) is 7.78.